The quantitative estimate of drug-likeness (QED) is 0.706. The highest BCUT2D eigenvalue weighted by Gasteiger charge is 2.26. The Bertz CT molecular complexity index is 773. The molecule has 7 nitrogen and oxygen atoms in total. The summed E-state index contributed by atoms with van der Waals surface area (Å²) in [6.45, 7) is 1.21. The van der Waals surface area contributed by atoms with E-state index in [-0.39, 0.29) is 24.5 Å². The van der Waals surface area contributed by atoms with E-state index in [2.05, 4.69) is 26.7 Å². The molecule has 0 aromatic carbocycles. The highest BCUT2D eigenvalue weighted by molar-refractivity contribution is 6.29. The number of nitrogens with zero attached hydrogens (tertiary/aromatic N) is 2. The van der Waals surface area contributed by atoms with Crippen LogP contribution in [0.5, 0.6) is 0 Å². The minimum atomic E-state index is -0.374. The predicted octanol–water partition coefficient (Wildman–Crippen LogP) is 3.56. The molecule has 1 saturated carbocycles. The molecular formula is C21H27ClN4O3. The fourth-order valence-electron chi connectivity index (χ4n) is 3.62. The monoisotopic (exact) mass is 418 g/mol. The minimum absolute atomic E-state index is 0.0139. The van der Waals surface area contributed by atoms with E-state index in [4.69, 9.17) is 16.3 Å². The number of allylic oxidation sites excluding steroid dienone is 3. The van der Waals surface area contributed by atoms with Gasteiger partial charge in [-0.15, -0.1) is 0 Å². The van der Waals surface area contributed by atoms with E-state index in [9.17, 15) is 9.59 Å². The van der Waals surface area contributed by atoms with Crippen molar-refractivity contribution in [2.75, 3.05) is 13.2 Å². The van der Waals surface area contributed by atoms with Gasteiger partial charge in [0.2, 0.25) is 5.91 Å². The highest BCUT2D eigenvalue weighted by atomic mass is 35.5. The van der Waals surface area contributed by atoms with Gasteiger partial charge in [-0.3, -0.25) is 9.78 Å². The average molecular weight is 419 g/mol. The Kier molecular flexibility index (Phi) is 8.04. The van der Waals surface area contributed by atoms with Crippen LogP contribution in [-0.2, 0) is 16.1 Å². The summed E-state index contributed by atoms with van der Waals surface area (Å²) >= 11 is 5.96. The first-order valence-corrected chi connectivity index (χ1v) is 10.5. The summed E-state index contributed by atoms with van der Waals surface area (Å²) in [5.74, 6) is 0.380. The van der Waals surface area contributed by atoms with Crippen molar-refractivity contribution in [3.05, 3.63) is 47.0 Å². The van der Waals surface area contributed by atoms with Crippen molar-refractivity contribution in [3.8, 4) is 0 Å². The zero-order chi connectivity index (χ0) is 20.5. The maximum Gasteiger partial charge on any atom is 0.407 e. The van der Waals surface area contributed by atoms with E-state index in [1.807, 2.05) is 12.2 Å². The molecule has 3 rings (SSSR count). The van der Waals surface area contributed by atoms with Crippen molar-refractivity contribution in [3.63, 3.8) is 0 Å². The average Bonchev–Trinajstić information content (AvgIpc) is 2.76. The van der Waals surface area contributed by atoms with Crippen molar-refractivity contribution in [1.29, 1.82) is 0 Å². The van der Waals surface area contributed by atoms with E-state index in [1.54, 1.807) is 6.20 Å². The molecule has 0 radical (unpaired) electrons. The highest BCUT2D eigenvalue weighted by Crippen LogP contribution is 2.28. The summed E-state index contributed by atoms with van der Waals surface area (Å²) in [6.07, 6.45) is 14.2. The Hall–Kier alpha value is -2.41. The Morgan fingerprint density at radius 3 is 2.66 bits per heavy atom. The number of alkyl carbamates (subject to hydrolysis) is 1. The van der Waals surface area contributed by atoms with E-state index in [0.29, 0.717) is 29.9 Å². The van der Waals surface area contributed by atoms with Gasteiger partial charge in [0.1, 0.15) is 6.61 Å². The molecule has 2 N–H and O–H groups in total. The zero-order valence-electron chi connectivity index (χ0n) is 16.4. The second kappa shape index (κ2) is 11.0. The van der Waals surface area contributed by atoms with Crippen LogP contribution in [0.4, 0.5) is 4.79 Å². The molecular weight excluding hydrogens is 392 g/mol. The number of aromatic nitrogens is 2. The van der Waals surface area contributed by atoms with E-state index < -0.39 is 0 Å². The van der Waals surface area contributed by atoms with Crippen LogP contribution >= 0.6 is 11.6 Å². The fourth-order valence-corrected chi connectivity index (χ4v) is 3.79. The number of rotatable bonds is 7. The molecule has 2 aliphatic rings. The smallest absolute Gasteiger partial charge is 0.407 e. The number of carbonyl (C=O) groups excluding carboxylic acids is 2. The van der Waals surface area contributed by atoms with Crippen molar-refractivity contribution in [1.82, 2.24) is 20.6 Å². The standard InChI is InChI=1S/C21H27ClN4O3/c22-19-18(23-10-11-24-19)13-25-20(27)17-8-6-15(7-9-17)12-26-21(28)29-14-16-4-2-1-3-5-16/h1-2,4,10-11,15,17H,3,5-9,12-14H2,(H,25,27)(H,26,28). The van der Waals surface area contributed by atoms with Gasteiger partial charge in [-0.05, 0) is 50.0 Å². The Morgan fingerprint density at radius 2 is 1.93 bits per heavy atom. The first-order chi connectivity index (χ1) is 14.1. The summed E-state index contributed by atoms with van der Waals surface area (Å²) in [4.78, 5) is 32.4. The molecule has 0 spiro atoms. The van der Waals surface area contributed by atoms with Crippen molar-refractivity contribution < 1.29 is 14.3 Å². The second-order valence-corrected chi connectivity index (χ2v) is 7.84. The van der Waals surface area contributed by atoms with Gasteiger partial charge in [0.15, 0.2) is 5.15 Å². The first kappa shape index (κ1) is 21.3. The van der Waals surface area contributed by atoms with Crippen molar-refractivity contribution in [2.45, 2.75) is 45.1 Å². The third-order valence-corrected chi connectivity index (χ3v) is 5.71. The van der Waals surface area contributed by atoms with Crippen LogP contribution in [-0.4, -0.2) is 35.1 Å². The van der Waals surface area contributed by atoms with Crippen molar-refractivity contribution >= 4 is 23.6 Å². The molecule has 1 aromatic heterocycles. The molecule has 0 saturated heterocycles. The van der Waals surface area contributed by atoms with E-state index in [0.717, 1.165) is 44.1 Å². The maximum absolute atomic E-state index is 12.4. The van der Waals surface area contributed by atoms with Crippen LogP contribution in [0.25, 0.3) is 0 Å². The van der Waals surface area contributed by atoms with Crippen molar-refractivity contribution in [2.24, 2.45) is 11.8 Å². The summed E-state index contributed by atoms with van der Waals surface area (Å²) in [6, 6.07) is 0. The molecule has 2 aliphatic carbocycles. The summed E-state index contributed by atoms with van der Waals surface area (Å²) in [7, 11) is 0. The lowest BCUT2D eigenvalue weighted by Crippen LogP contribution is -2.36. The molecule has 8 heteroatoms. The number of carbonyl (C=O) groups is 2. The lowest BCUT2D eigenvalue weighted by Gasteiger charge is -2.27. The van der Waals surface area contributed by atoms with Gasteiger partial charge in [-0.2, -0.15) is 0 Å². The summed E-state index contributed by atoms with van der Waals surface area (Å²) in [5.41, 5.74) is 1.70. The maximum atomic E-state index is 12.4. The Morgan fingerprint density at radius 1 is 1.14 bits per heavy atom. The van der Waals surface area contributed by atoms with Gasteiger partial charge in [-0.1, -0.05) is 29.8 Å². The second-order valence-electron chi connectivity index (χ2n) is 7.48. The van der Waals surface area contributed by atoms with Crippen LogP contribution in [0.3, 0.4) is 0 Å². The number of hydrogen-bond donors (Lipinski definition) is 2. The lowest BCUT2D eigenvalue weighted by atomic mass is 9.81. The SMILES string of the molecule is O=C(NCC1CCC(C(=O)NCc2nccnc2Cl)CC1)OCC1=CC=CCC1. The first-order valence-electron chi connectivity index (χ1n) is 10.1. The van der Waals surface area contributed by atoms with Gasteiger partial charge < -0.3 is 15.4 Å². The van der Waals surface area contributed by atoms with Gasteiger partial charge in [-0.25, -0.2) is 9.78 Å². The molecule has 0 atom stereocenters. The number of nitrogens with one attached hydrogen (secondary N) is 2. The van der Waals surface area contributed by atoms with Crippen LogP contribution in [0.2, 0.25) is 5.15 Å². The predicted molar refractivity (Wildman–Crippen MR) is 110 cm³/mol. The molecule has 1 aromatic rings. The Labute approximate surface area is 176 Å². The topological polar surface area (TPSA) is 93.2 Å². The van der Waals surface area contributed by atoms with Crippen LogP contribution in [0, 0.1) is 11.8 Å². The van der Waals surface area contributed by atoms with Crippen LogP contribution in [0.1, 0.15) is 44.2 Å². The number of halogens is 1. The largest absolute Gasteiger partial charge is 0.445 e. The number of amides is 2. The molecule has 1 heterocycles. The molecule has 29 heavy (non-hydrogen) atoms. The van der Waals surface area contributed by atoms with Gasteiger partial charge in [0, 0.05) is 24.9 Å². The van der Waals surface area contributed by atoms with Gasteiger partial charge in [0.05, 0.1) is 12.2 Å². The number of hydrogen-bond acceptors (Lipinski definition) is 5. The third kappa shape index (κ3) is 6.85. The van der Waals surface area contributed by atoms with E-state index in [1.165, 1.54) is 6.20 Å². The molecule has 0 aliphatic heterocycles. The molecule has 0 unspecified atom stereocenters. The lowest BCUT2D eigenvalue weighted by molar-refractivity contribution is -0.126. The number of ether oxygens (including phenoxy) is 1. The summed E-state index contributed by atoms with van der Waals surface area (Å²) < 4.78 is 5.28. The van der Waals surface area contributed by atoms with Gasteiger partial charge in [0.25, 0.3) is 0 Å². The normalized spacial score (nSPS) is 21.2. The van der Waals surface area contributed by atoms with Gasteiger partial charge >= 0.3 is 6.09 Å². The minimum Gasteiger partial charge on any atom is -0.445 e. The third-order valence-electron chi connectivity index (χ3n) is 5.39. The fraction of sp³-hybridized carbons (Fsp3) is 0.524. The zero-order valence-corrected chi connectivity index (χ0v) is 17.2. The van der Waals surface area contributed by atoms with E-state index >= 15 is 0 Å². The van der Waals surface area contributed by atoms with Crippen LogP contribution < -0.4 is 10.6 Å². The molecule has 1 fully saturated rings. The van der Waals surface area contributed by atoms with Crippen LogP contribution in [0.15, 0.2) is 36.2 Å². The molecule has 0 bridgehead atoms. The summed E-state index contributed by atoms with van der Waals surface area (Å²) in [5, 5.41) is 6.06. The Balaban J connectivity index is 1.31. The molecule has 2 amide bonds. The molecule has 156 valence electrons.